The average Bonchev–Trinajstić information content (AvgIpc) is 3.39. The van der Waals surface area contributed by atoms with E-state index in [9.17, 15) is 0 Å². The van der Waals surface area contributed by atoms with Crippen LogP contribution in [0.2, 0.25) is 0 Å². The number of hydrogen-bond donors (Lipinski definition) is 1. The lowest BCUT2D eigenvalue weighted by atomic mass is 10.2. The molecule has 1 aliphatic heterocycles. The molecule has 0 bridgehead atoms. The van der Waals surface area contributed by atoms with Gasteiger partial charge in [0.2, 0.25) is 11.8 Å². The molecule has 3 aromatic rings. The zero-order valence-electron chi connectivity index (χ0n) is 20.3. The van der Waals surface area contributed by atoms with Crippen molar-refractivity contribution in [3.05, 3.63) is 66.6 Å². The van der Waals surface area contributed by atoms with E-state index in [1.54, 1.807) is 0 Å². The highest BCUT2D eigenvalue weighted by atomic mass is 32.2. The van der Waals surface area contributed by atoms with E-state index in [1.165, 1.54) is 36.8 Å². The highest BCUT2D eigenvalue weighted by Crippen LogP contribution is 2.22. The fourth-order valence-corrected chi connectivity index (χ4v) is 4.86. The molecule has 2 aromatic carbocycles. The number of aryl methyl sites for hydroxylation is 1. The number of ether oxygens (including phenoxy) is 1. The van der Waals surface area contributed by atoms with E-state index in [4.69, 9.17) is 14.3 Å². The van der Waals surface area contributed by atoms with Gasteiger partial charge in [-0.2, -0.15) is 23.5 Å². The number of benzene rings is 2. The van der Waals surface area contributed by atoms with Gasteiger partial charge in [-0.1, -0.05) is 43.3 Å². The SMILES string of the molecule is CCCSCCc1nnc(-c2ccc(OCCN3CCSCC3)cc2)o1.CO.c1ccccc1. The second kappa shape index (κ2) is 18.3. The molecule has 34 heavy (non-hydrogen) atoms. The summed E-state index contributed by atoms with van der Waals surface area (Å²) in [4.78, 5) is 2.46. The van der Waals surface area contributed by atoms with Crippen LogP contribution in [-0.4, -0.2) is 76.6 Å². The summed E-state index contributed by atoms with van der Waals surface area (Å²) in [5, 5.41) is 15.3. The monoisotopic (exact) mass is 503 g/mol. The van der Waals surface area contributed by atoms with Gasteiger partial charge in [0.05, 0.1) is 0 Å². The highest BCUT2D eigenvalue weighted by Gasteiger charge is 2.11. The molecule has 0 aliphatic carbocycles. The molecule has 0 atom stereocenters. The lowest BCUT2D eigenvalue weighted by molar-refractivity contribution is 0.222. The molecule has 6 nitrogen and oxygen atoms in total. The van der Waals surface area contributed by atoms with Gasteiger partial charge in [0, 0.05) is 56.0 Å². The largest absolute Gasteiger partial charge is 0.492 e. The quantitative estimate of drug-likeness (QED) is 0.381. The fourth-order valence-electron chi connectivity index (χ4n) is 3.07. The third-order valence-corrected chi connectivity index (χ3v) is 6.96. The predicted molar refractivity (Wildman–Crippen MR) is 145 cm³/mol. The zero-order chi connectivity index (χ0) is 24.3. The first-order valence-electron chi connectivity index (χ1n) is 11.7. The van der Waals surface area contributed by atoms with Gasteiger partial charge in [0.1, 0.15) is 12.4 Å². The number of rotatable bonds is 10. The molecule has 4 rings (SSSR count). The molecule has 1 fully saturated rings. The first kappa shape index (κ1) is 28.2. The molecule has 1 saturated heterocycles. The molecule has 8 heteroatoms. The Hall–Kier alpha value is -2.00. The molecule has 1 N–H and O–H groups in total. The third-order valence-electron chi connectivity index (χ3n) is 4.82. The normalized spacial score (nSPS) is 13.3. The number of aromatic nitrogens is 2. The van der Waals surface area contributed by atoms with Crippen LogP contribution in [0.3, 0.4) is 0 Å². The van der Waals surface area contributed by atoms with Crippen molar-refractivity contribution in [2.75, 3.05) is 56.4 Å². The van der Waals surface area contributed by atoms with E-state index in [-0.39, 0.29) is 0 Å². The minimum absolute atomic E-state index is 0.581. The number of aliphatic hydroxyl groups is 1. The summed E-state index contributed by atoms with van der Waals surface area (Å²) < 4.78 is 11.6. The van der Waals surface area contributed by atoms with E-state index >= 15 is 0 Å². The van der Waals surface area contributed by atoms with Gasteiger partial charge in [-0.05, 0) is 36.4 Å². The molecule has 186 valence electrons. The first-order valence-corrected chi connectivity index (χ1v) is 14.0. The topological polar surface area (TPSA) is 71.6 Å². The molecular weight excluding hydrogens is 466 g/mol. The van der Waals surface area contributed by atoms with E-state index in [2.05, 4.69) is 22.0 Å². The molecule has 0 amide bonds. The van der Waals surface area contributed by atoms with E-state index in [0.29, 0.717) is 11.8 Å². The van der Waals surface area contributed by atoms with Gasteiger partial charge < -0.3 is 14.3 Å². The van der Waals surface area contributed by atoms with Gasteiger partial charge in [-0.25, -0.2) is 0 Å². The van der Waals surface area contributed by atoms with Crippen LogP contribution in [0.5, 0.6) is 5.75 Å². The molecule has 1 aliphatic rings. The van der Waals surface area contributed by atoms with Gasteiger partial charge in [-0.15, -0.1) is 10.2 Å². The van der Waals surface area contributed by atoms with E-state index < -0.39 is 0 Å². The highest BCUT2D eigenvalue weighted by molar-refractivity contribution is 7.99. The Morgan fingerprint density at radius 1 is 0.971 bits per heavy atom. The van der Waals surface area contributed by atoms with Crippen LogP contribution < -0.4 is 4.74 Å². The number of thioether (sulfide) groups is 2. The first-order chi connectivity index (χ1) is 16.8. The van der Waals surface area contributed by atoms with Crippen LogP contribution >= 0.6 is 23.5 Å². The zero-order valence-corrected chi connectivity index (χ0v) is 21.9. The van der Waals surface area contributed by atoms with Crippen molar-refractivity contribution in [3.63, 3.8) is 0 Å². The fraction of sp³-hybridized carbons (Fsp3) is 0.462. The van der Waals surface area contributed by atoms with Crippen LogP contribution in [0.15, 0.2) is 65.1 Å². The maximum absolute atomic E-state index is 7.00. The molecule has 0 spiro atoms. The summed E-state index contributed by atoms with van der Waals surface area (Å²) >= 11 is 3.96. The Balaban J connectivity index is 0.000000437. The molecule has 0 unspecified atom stereocenters. The maximum Gasteiger partial charge on any atom is 0.247 e. The van der Waals surface area contributed by atoms with Crippen molar-refractivity contribution in [3.8, 4) is 17.2 Å². The Morgan fingerprint density at radius 3 is 2.24 bits per heavy atom. The van der Waals surface area contributed by atoms with Gasteiger partial charge in [-0.3, -0.25) is 4.90 Å². The summed E-state index contributed by atoms with van der Waals surface area (Å²) in [6.07, 6.45) is 2.03. The van der Waals surface area contributed by atoms with Crippen molar-refractivity contribution in [2.45, 2.75) is 19.8 Å². The Morgan fingerprint density at radius 2 is 1.62 bits per heavy atom. The Bertz CT molecular complexity index is 831. The van der Waals surface area contributed by atoms with Crippen molar-refractivity contribution in [1.82, 2.24) is 15.1 Å². The average molecular weight is 504 g/mol. The van der Waals surface area contributed by atoms with E-state index in [1.807, 2.05) is 84.2 Å². The molecule has 0 radical (unpaired) electrons. The molecule has 1 aromatic heterocycles. The van der Waals surface area contributed by atoms with Crippen molar-refractivity contribution in [1.29, 1.82) is 0 Å². The lowest BCUT2D eigenvalue weighted by Crippen LogP contribution is -2.35. The van der Waals surface area contributed by atoms with Crippen LogP contribution in [0.1, 0.15) is 19.2 Å². The summed E-state index contributed by atoms with van der Waals surface area (Å²) in [5.74, 6) is 6.85. The third kappa shape index (κ3) is 11.4. The van der Waals surface area contributed by atoms with Crippen molar-refractivity contribution < 1.29 is 14.3 Å². The van der Waals surface area contributed by atoms with Gasteiger partial charge in [0.25, 0.3) is 0 Å². The second-order valence-corrected chi connectivity index (χ2v) is 9.79. The summed E-state index contributed by atoms with van der Waals surface area (Å²) in [5.41, 5.74) is 0.936. The van der Waals surface area contributed by atoms with Gasteiger partial charge in [0.15, 0.2) is 0 Å². The lowest BCUT2D eigenvalue weighted by Gasteiger charge is -2.25. The maximum atomic E-state index is 7.00. The second-order valence-electron chi connectivity index (χ2n) is 7.34. The van der Waals surface area contributed by atoms with Crippen LogP contribution in [0.4, 0.5) is 0 Å². The number of hydrogen-bond acceptors (Lipinski definition) is 8. The summed E-state index contributed by atoms with van der Waals surface area (Å²) in [6, 6.07) is 19.9. The van der Waals surface area contributed by atoms with Crippen molar-refractivity contribution >= 4 is 23.5 Å². The Labute approximate surface area is 212 Å². The summed E-state index contributed by atoms with van der Waals surface area (Å²) in [7, 11) is 1.00. The molecule has 0 saturated carbocycles. The molecule has 2 heterocycles. The van der Waals surface area contributed by atoms with Gasteiger partial charge >= 0.3 is 0 Å². The minimum atomic E-state index is 0.581. The van der Waals surface area contributed by atoms with Crippen molar-refractivity contribution in [2.24, 2.45) is 0 Å². The summed E-state index contributed by atoms with van der Waals surface area (Å²) in [6.45, 7) is 6.25. The van der Waals surface area contributed by atoms with Crippen LogP contribution in [-0.2, 0) is 6.42 Å². The smallest absolute Gasteiger partial charge is 0.247 e. The Kier molecular flexibility index (Phi) is 15.2. The minimum Gasteiger partial charge on any atom is -0.492 e. The van der Waals surface area contributed by atoms with Crippen LogP contribution in [0.25, 0.3) is 11.5 Å². The number of aliphatic hydroxyl groups excluding tert-OH is 1. The predicted octanol–water partition coefficient (Wildman–Crippen LogP) is 5.15. The van der Waals surface area contributed by atoms with Crippen LogP contribution in [0, 0.1) is 0 Å². The molecular formula is C26H37N3O3S2. The van der Waals surface area contributed by atoms with E-state index in [0.717, 1.165) is 43.7 Å². The standard InChI is InChI=1S/C19H27N3O2S2.C6H6.CH4O/c1-2-12-25-13-7-18-20-21-19(24-18)16-3-5-17(6-4-16)23-11-8-22-9-14-26-15-10-22;1-2-4-6-5-3-1;1-2/h3-6H,2,7-15H2,1H3;1-6H;2H,1H3. The number of nitrogens with zero attached hydrogens (tertiary/aromatic N) is 3.